The molecule has 0 aliphatic heterocycles. The van der Waals surface area contributed by atoms with Crippen LogP contribution in [0.2, 0.25) is 0 Å². The van der Waals surface area contributed by atoms with Crippen molar-refractivity contribution in [3.63, 3.8) is 0 Å². The first kappa shape index (κ1) is 21.6. The van der Waals surface area contributed by atoms with Crippen molar-refractivity contribution in [2.45, 2.75) is 0 Å². The molecular weight excluding hydrogens is 424 g/mol. The van der Waals surface area contributed by atoms with Gasteiger partial charge in [0.15, 0.2) is 18.1 Å². The third kappa shape index (κ3) is 4.99. The van der Waals surface area contributed by atoms with E-state index in [1.54, 1.807) is 54.6 Å². The van der Waals surface area contributed by atoms with Gasteiger partial charge in [-0.3, -0.25) is 9.59 Å². The molecule has 0 fully saturated rings. The smallest absolute Gasteiger partial charge is 0.277 e. The van der Waals surface area contributed by atoms with Gasteiger partial charge in [-0.25, -0.2) is 10.4 Å². The van der Waals surface area contributed by atoms with Gasteiger partial charge in [0, 0.05) is 11.1 Å². The lowest BCUT2D eigenvalue weighted by atomic mass is 10.1. The molecule has 9 nitrogen and oxygen atoms in total. The van der Waals surface area contributed by atoms with Crippen LogP contribution in [0.15, 0.2) is 76.6 Å². The highest BCUT2D eigenvalue weighted by molar-refractivity contribution is 5.85. The average molecular weight is 444 g/mol. The maximum Gasteiger partial charge on any atom is 0.277 e. The molecule has 1 heterocycles. The number of aromatic nitrogens is 2. The van der Waals surface area contributed by atoms with Crippen molar-refractivity contribution >= 4 is 23.0 Å². The number of nitrogens with zero attached hydrogens (tertiary/aromatic N) is 2. The highest BCUT2D eigenvalue weighted by atomic mass is 16.5. The Morgan fingerprint density at radius 1 is 1.12 bits per heavy atom. The molecule has 9 heteroatoms. The van der Waals surface area contributed by atoms with Gasteiger partial charge in [-0.2, -0.15) is 5.10 Å². The number of carbonyl (C=O) groups excluding carboxylic acids is 1. The number of benzene rings is 3. The number of ether oxygens (including phenoxy) is 2. The summed E-state index contributed by atoms with van der Waals surface area (Å²) in [5, 5.41) is 14.0. The number of carbonyl (C=O) groups is 1. The molecule has 0 saturated carbocycles. The van der Waals surface area contributed by atoms with Gasteiger partial charge in [0.2, 0.25) is 0 Å². The molecule has 0 aliphatic carbocycles. The molecule has 3 N–H and O–H groups in total. The Morgan fingerprint density at radius 3 is 2.73 bits per heavy atom. The summed E-state index contributed by atoms with van der Waals surface area (Å²) in [6.45, 7) is -0.307. The van der Waals surface area contributed by atoms with Crippen LogP contribution in [0.3, 0.4) is 0 Å². The van der Waals surface area contributed by atoms with E-state index < -0.39 is 5.91 Å². The maximum absolute atomic E-state index is 12.3. The van der Waals surface area contributed by atoms with E-state index in [0.717, 1.165) is 0 Å². The van der Waals surface area contributed by atoms with Crippen molar-refractivity contribution in [1.29, 1.82) is 0 Å². The van der Waals surface area contributed by atoms with Crippen LogP contribution in [0.25, 0.3) is 22.3 Å². The number of phenols is 1. The number of rotatable bonds is 7. The molecule has 4 rings (SSSR count). The number of methoxy groups -OCH3 is 1. The first-order chi connectivity index (χ1) is 16.0. The van der Waals surface area contributed by atoms with Crippen LogP contribution in [0.5, 0.6) is 17.2 Å². The first-order valence-corrected chi connectivity index (χ1v) is 9.95. The number of para-hydroxylation sites is 2. The summed E-state index contributed by atoms with van der Waals surface area (Å²) in [5.41, 5.74) is 3.76. The predicted octanol–water partition coefficient (Wildman–Crippen LogP) is 2.83. The molecule has 0 saturated heterocycles. The van der Waals surface area contributed by atoms with E-state index in [0.29, 0.717) is 39.4 Å². The van der Waals surface area contributed by atoms with Crippen LogP contribution < -0.4 is 20.5 Å². The summed E-state index contributed by atoms with van der Waals surface area (Å²) in [5.74, 6) is 0.657. The topological polar surface area (TPSA) is 126 Å². The van der Waals surface area contributed by atoms with Gasteiger partial charge in [-0.05, 0) is 42.5 Å². The summed E-state index contributed by atoms with van der Waals surface area (Å²) < 4.78 is 10.9. The average Bonchev–Trinajstić information content (AvgIpc) is 2.84. The summed E-state index contributed by atoms with van der Waals surface area (Å²) >= 11 is 0. The zero-order valence-corrected chi connectivity index (χ0v) is 17.6. The van der Waals surface area contributed by atoms with Gasteiger partial charge in [-0.15, -0.1) is 0 Å². The number of nitrogens with one attached hydrogen (secondary N) is 2. The first-order valence-electron chi connectivity index (χ1n) is 9.95. The fourth-order valence-corrected chi connectivity index (χ4v) is 3.10. The van der Waals surface area contributed by atoms with Crippen molar-refractivity contribution in [3.8, 4) is 28.6 Å². The van der Waals surface area contributed by atoms with Gasteiger partial charge in [-0.1, -0.05) is 24.3 Å². The third-order valence-electron chi connectivity index (χ3n) is 4.74. The predicted molar refractivity (Wildman–Crippen MR) is 124 cm³/mol. The SMILES string of the molecule is COc1cc(-c2nc3ccccc3c(=O)[nH]2)ccc1OCC(=O)N/N=C/c1ccccc1O. The lowest BCUT2D eigenvalue weighted by Crippen LogP contribution is -2.24. The normalized spacial score (nSPS) is 10.9. The number of phenolic OH excluding ortho intramolecular Hbond substituents is 1. The second kappa shape index (κ2) is 9.65. The molecule has 1 amide bonds. The van der Waals surface area contributed by atoms with E-state index in [1.165, 1.54) is 19.4 Å². The van der Waals surface area contributed by atoms with Crippen molar-refractivity contribution < 1.29 is 19.4 Å². The van der Waals surface area contributed by atoms with E-state index in [-0.39, 0.29) is 17.9 Å². The molecule has 166 valence electrons. The van der Waals surface area contributed by atoms with Crippen molar-refractivity contribution in [2.75, 3.05) is 13.7 Å². The summed E-state index contributed by atoms with van der Waals surface area (Å²) in [4.78, 5) is 31.7. The molecule has 0 bridgehead atoms. The standard InChI is InChI=1S/C24H20N4O5/c1-32-21-12-15(23-26-18-8-4-3-7-17(18)24(31)27-23)10-11-20(21)33-14-22(30)28-25-13-16-6-2-5-9-19(16)29/h2-13,29H,14H2,1H3,(H,28,30)(H,26,27,31)/b25-13+. The van der Waals surface area contributed by atoms with E-state index in [2.05, 4.69) is 20.5 Å². The molecule has 0 atom stereocenters. The zero-order valence-electron chi connectivity index (χ0n) is 17.6. The molecule has 0 spiro atoms. The van der Waals surface area contributed by atoms with Crippen molar-refractivity contribution in [2.24, 2.45) is 5.10 Å². The number of H-pyrrole nitrogens is 1. The molecule has 0 aliphatic rings. The minimum Gasteiger partial charge on any atom is -0.507 e. The second-order valence-corrected chi connectivity index (χ2v) is 6.94. The van der Waals surface area contributed by atoms with Crippen molar-refractivity contribution in [3.05, 3.63) is 82.6 Å². The molecule has 4 aromatic rings. The van der Waals surface area contributed by atoms with Gasteiger partial charge in [0.05, 0.1) is 24.2 Å². The van der Waals surface area contributed by atoms with Gasteiger partial charge >= 0.3 is 0 Å². The Labute approximate surface area is 188 Å². The van der Waals surface area contributed by atoms with Gasteiger partial charge in [0.25, 0.3) is 11.5 Å². The minimum absolute atomic E-state index is 0.0545. The van der Waals surface area contributed by atoms with Crippen molar-refractivity contribution in [1.82, 2.24) is 15.4 Å². The summed E-state index contributed by atoms with van der Waals surface area (Å²) in [7, 11) is 1.47. The Balaban J connectivity index is 1.45. The van der Waals surface area contributed by atoms with E-state index in [4.69, 9.17) is 9.47 Å². The van der Waals surface area contributed by atoms with Gasteiger partial charge in [0.1, 0.15) is 11.6 Å². The number of aromatic hydroxyl groups is 1. The number of aromatic amines is 1. The van der Waals surface area contributed by atoms with Crippen LogP contribution in [0, 0.1) is 0 Å². The third-order valence-corrected chi connectivity index (χ3v) is 4.74. The monoisotopic (exact) mass is 444 g/mol. The van der Waals surface area contributed by atoms with Crippen LogP contribution >= 0.6 is 0 Å². The Hall–Kier alpha value is -4.66. The fourth-order valence-electron chi connectivity index (χ4n) is 3.10. The van der Waals surface area contributed by atoms with Gasteiger partial charge < -0.3 is 19.6 Å². The highest BCUT2D eigenvalue weighted by Gasteiger charge is 2.12. The van der Waals surface area contributed by atoms with Crippen LogP contribution in [0.1, 0.15) is 5.56 Å². The van der Waals surface area contributed by atoms with Crippen LogP contribution in [-0.4, -0.2) is 40.9 Å². The van der Waals surface area contributed by atoms with Crippen LogP contribution in [-0.2, 0) is 4.79 Å². The van der Waals surface area contributed by atoms with E-state index in [9.17, 15) is 14.7 Å². The number of hydrogen-bond acceptors (Lipinski definition) is 7. The molecular formula is C24H20N4O5. The van der Waals surface area contributed by atoms with E-state index in [1.807, 2.05) is 6.07 Å². The maximum atomic E-state index is 12.3. The Morgan fingerprint density at radius 2 is 1.91 bits per heavy atom. The number of amides is 1. The molecule has 0 radical (unpaired) electrons. The Kier molecular flexibility index (Phi) is 6.31. The summed E-state index contributed by atoms with van der Waals surface area (Å²) in [6, 6.07) is 18.7. The van der Waals surface area contributed by atoms with E-state index >= 15 is 0 Å². The highest BCUT2D eigenvalue weighted by Crippen LogP contribution is 2.31. The molecule has 33 heavy (non-hydrogen) atoms. The quantitative estimate of drug-likeness (QED) is 0.297. The largest absolute Gasteiger partial charge is 0.507 e. The Bertz CT molecular complexity index is 1400. The fraction of sp³-hybridized carbons (Fsp3) is 0.0833. The zero-order chi connectivity index (χ0) is 23.2. The number of fused-ring (bicyclic) bond motifs is 1. The van der Waals surface area contributed by atoms with Crippen LogP contribution in [0.4, 0.5) is 0 Å². The lowest BCUT2D eigenvalue weighted by Gasteiger charge is -2.11. The molecule has 0 unspecified atom stereocenters. The minimum atomic E-state index is -0.492. The number of hydrazone groups is 1. The summed E-state index contributed by atoms with van der Waals surface area (Å²) in [6.07, 6.45) is 1.33. The lowest BCUT2D eigenvalue weighted by molar-refractivity contribution is -0.123. The second-order valence-electron chi connectivity index (χ2n) is 6.94. The molecule has 3 aromatic carbocycles. The number of hydrogen-bond donors (Lipinski definition) is 3. The molecule has 1 aromatic heterocycles.